The van der Waals surface area contributed by atoms with E-state index in [4.69, 9.17) is 0 Å². The van der Waals surface area contributed by atoms with Crippen molar-refractivity contribution in [2.24, 2.45) is 11.3 Å². The lowest BCUT2D eigenvalue weighted by molar-refractivity contribution is -0.137. The monoisotopic (exact) mass is 465 g/mol. The number of carbonyl (C=O) groups is 1. The molecule has 1 N–H and O–H groups in total. The van der Waals surface area contributed by atoms with Crippen LogP contribution in [0.15, 0.2) is 55.0 Å². The Labute approximate surface area is 194 Å². The minimum Gasteiger partial charge on any atom is -0.365 e. The zero-order valence-corrected chi connectivity index (χ0v) is 18.4. The van der Waals surface area contributed by atoms with E-state index in [9.17, 15) is 18.0 Å². The van der Waals surface area contributed by atoms with E-state index in [0.717, 1.165) is 30.7 Å². The highest BCUT2D eigenvalue weighted by molar-refractivity contribution is 6.00. The molecule has 9 heteroatoms. The van der Waals surface area contributed by atoms with Gasteiger partial charge in [0.2, 0.25) is 0 Å². The second-order valence-electron chi connectivity index (χ2n) is 9.55. The molecule has 1 spiro atoms. The second-order valence-corrected chi connectivity index (χ2v) is 9.55. The first kappa shape index (κ1) is 21.1. The molecule has 3 aromatic heterocycles. The van der Waals surface area contributed by atoms with E-state index < -0.39 is 11.7 Å². The van der Waals surface area contributed by atoms with E-state index in [0.29, 0.717) is 35.2 Å². The number of carbonyl (C=O) groups excluding carboxylic acids is 1. The molecule has 6 rings (SSSR count). The lowest BCUT2D eigenvalue weighted by Crippen LogP contribution is -2.60. The van der Waals surface area contributed by atoms with Crippen molar-refractivity contribution in [2.75, 3.05) is 11.9 Å². The highest BCUT2D eigenvalue weighted by Crippen LogP contribution is 2.71. The number of anilines is 1. The van der Waals surface area contributed by atoms with Gasteiger partial charge in [-0.1, -0.05) is 6.07 Å². The molecule has 2 saturated carbocycles. The maximum atomic E-state index is 13.8. The summed E-state index contributed by atoms with van der Waals surface area (Å²) in [6.45, 7) is 2.58. The van der Waals surface area contributed by atoms with Gasteiger partial charge < -0.3 is 10.2 Å². The summed E-state index contributed by atoms with van der Waals surface area (Å²) < 4.78 is 38.6. The molecule has 4 atom stereocenters. The first-order valence-corrected chi connectivity index (χ1v) is 11.2. The van der Waals surface area contributed by atoms with Crippen LogP contribution >= 0.6 is 0 Å². The van der Waals surface area contributed by atoms with E-state index in [1.807, 2.05) is 36.1 Å². The molecule has 3 fully saturated rings. The maximum absolute atomic E-state index is 13.8. The summed E-state index contributed by atoms with van der Waals surface area (Å²) in [5.41, 5.74) is 1.94. The van der Waals surface area contributed by atoms with Gasteiger partial charge in [-0.25, -0.2) is 4.98 Å². The smallest absolute Gasteiger partial charge is 0.365 e. The fourth-order valence-electron chi connectivity index (χ4n) is 5.79. The third kappa shape index (κ3) is 3.25. The fraction of sp³-hybridized carbons (Fsp3) is 0.360. The number of pyridine rings is 3. The van der Waals surface area contributed by atoms with Crippen LogP contribution in [-0.2, 0) is 6.18 Å². The molecule has 4 unspecified atom stereocenters. The van der Waals surface area contributed by atoms with Gasteiger partial charge in [-0.3, -0.25) is 14.8 Å². The maximum Gasteiger partial charge on any atom is 0.417 e. The van der Waals surface area contributed by atoms with Crippen LogP contribution in [0.3, 0.4) is 0 Å². The van der Waals surface area contributed by atoms with Gasteiger partial charge in [0.15, 0.2) is 0 Å². The Bertz CT molecular complexity index is 1260. The summed E-state index contributed by atoms with van der Waals surface area (Å²) in [6.07, 6.45) is 1.79. The molecule has 174 valence electrons. The van der Waals surface area contributed by atoms with Gasteiger partial charge in [-0.2, -0.15) is 13.2 Å². The Balaban J connectivity index is 1.26. The summed E-state index contributed by atoms with van der Waals surface area (Å²) in [7, 11) is 0. The molecule has 1 aliphatic heterocycles. The van der Waals surface area contributed by atoms with E-state index in [-0.39, 0.29) is 23.4 Å². The van der Waals surface area contributed by atoms with Gasteiger partial charge in [0.1, 0.15) is 11.5 Å². The second kappa shape index (κ2) is 7.25. The van der Waals surface area contributed by atoms with E-state index in [1.54, 1.807) is 12.4 Å². The minimum atomic E-state index is -4.42. The Kier molecular flexibility index (Phi) is 4.49. The van der Waals surface area contributed by atoms with Crippen LogP contribution in [0.5, 0.6) is 0 Å². The number of nitrogens with one attached hydrogen (secondary N) is 1. The molecule has 34 heavy (non-hydrogen) atoms. The van der Waals surface area contributed by atoms with Crippen LogP contribution in [0.1, 0.15) is 34.3 Å². The number of hydrogen-bond acceptors (Lipinski definition) is 5. The van der Waals surface area contributed by atoms with Crippen LogP contribution < -0.4 is 5.32 Å². The Hall–Kier alpha value is -3.49. The van der Waals surface area contributed by atoms with Crippen molar-refractivity contribution in [1.29, 1.82) is 0 Å². The van der Waals surface area contributed by atoms with Crippen LogP contribution in [0.4, 0.5) is 19.0 Å². The van der Waals surface area contributed by atoms with Crippen LogP contribution in [0, 0.1) is 18.3 Å². The Morgan fingerprint density at radius 1 is 1.12 bits per heavy atom. The lowest BCUT2D eigenvalue weighted by atomic mass is 9.71. The number of hydrogen-bond donors (Lipinski definition) is 1. The number of aromatic nitrogens is 3. The lowest BCUT2D eigenvalue weighted by Gasteiger charge is -2.48. The minimum absolute atomic E-state index is 0.0220. The van der Waals surface area contributed by atoms with Crippen molar-refractivity contribution in [3.05, 3.63) is 71.7 Å². The predicted octanol–water partition coefficient (Wildman–Crippen LogP) is 4.58. The third-order valence-electron chi connectivity index (χ3n) is 7.45. The Morgan fingerprint density at radius 3 is 2.68 bits per heavy atom. The molecule has 4 heterocycles. The van der Waals surface area contributed by atoms with Crippen molar-refractivity contribution < 1.29 is 18.0 Å². The van der Waals surface area contributed by atoms with Gasteiger partial charge >= 0.3 is 6.18 Å². The molecule has 1 amide bonds. The van der Waals surface area contributed by atoms with E-state index in [1.165, 1.54) is 6.07 Å². The zero-order chi connectivity index (χ0) is 23.7. The number of aryl methyl sites for hydroxylation is 1. The number of rotatable bonds is 4. The molecular weight excluding hydrogens is 443 g/mol. The highest BCUT2D eigenvalue weighted by atomic mass is 19.4. The average Bonchev–Trinajstić information content (AvgIpc) is 3.47. The summed E-state index contributed by atoms with van der Waals surface area (Å²) in [5, 5.41) is 3.27. The van der Waals surface area contributed by atoms with Crippen LogP contribution in [0.25, 0.3) is 11.4 Å². The topological polar surface area (TPSA) is 71.0 Å². The SMILES string of the molecule is Cc1cnc(-c2ccccn2)c(C(=O)N2CC3CC34CC(Nc3ccc(C(F)(F)F)cn3)C24)c1. The first-order valence-electron chi connectivity index (χ1n) is 11.2. The van der Waals surface area contributed by atoms with Gasteiger partial charge in [-0.05, 0) is 67.0 Å². The van der Waals surface area contributed by atoms with Crippen molar-refractivity contribution in [1.82, 2.24) is 19.9 Å². The number of likely N-dealkylation sites (tertiary alicyclic amines) is 1. The van der Waals surface area contributed by atoms with Gasteiger partial charge in [0.25, 0.3) is 5.91 Å². The van der Waals surface area contributed by atoms with E-state index in [2.05, 4.69) is 20.3 Å². The molecule has 0 radical (unpaired) electrons. The predicted molar refractivity (Wildman–Crippen MR) is 119 cm³/mol. The molecule has 2 aliphatic carbocycles. The number of piperidine rings is 1. The largest absolute Gasteiger partial charge is 0.417 e. The van der Waals surface area contributed by atoms with Gasteiger partial charge in [0, 0.05) is 31.2 Å². The molecular formula is C25H22F3N5O. The van der Waals surface area contributed by atoms with Crippen molar-refractivity contribution in [3.8, 4) is 11.4 Å². The molecule has 3 aliphatic rings. The number of halogens is 3. The zero-order valence-electron chi connectivity index (χ0n) is 18.4. The summed E-state index contributed by atoms with van der Waals surface area (Å²) in [5.74, 6) is 0.771. The quantitative estimate of drug-likeness (QED) is 0.611. The van der Waals surface area contributed by atoms with Crippen LogP contribution in [0.2, 0.25) is 0 Å². The molecule has 3 aromatic rings. The number of amides is 1. The molecule has 1 saturated heterocycles. The van der Waals surface area contributed by atoms with Crippen molar-refractivity contribution in [2.45, 2.75) is 38.0 Å². The number of alkyl halides is 3. The van der Waals surface area contributed by atoms with E-state index >= 15 is 0 Å². The third-order valence-corrected chi connectivity index (χ3v) is 7.45. The summed E-state index contributed by atoms with van der Waals surface area (Å²) in [4.78, 5) is 28.6. The molecule has 6 nitrogen and oxygen atoms in total. The summed E-state index contributed by atoms with van der Waals surface area (Å²) >= 11 is 0. The van der Waals surface area contributed by atoms with Gasteiger partial charge in [0.05, 0.1) is 22.9 Å². The van der Waals surface area contributed by atoms with Crippen molar-refractivity contribution >= 4 is 11.7 Å². The van der Waals surface area contributed by atoms with Crippen molar-refractivity contribution in [3.63, 3.8) is 0 Å². The normalized spacial score (nSPS) is 26.9. The standard InChI is InChI=1S/C25H22F3N5O/c1-14-8-17(21(31-11-14)18-4-2-3-7-29-18)23(34)33-13-16-9-24(16)10-19(22(24)33)32-20-6-5-15(12-30-20)25(26,27)28/h2-8,11-12,16,19,22H,9-10,13H2,1H3,(H,30,32). The average molecular weight is 465 g/mol. The summed E-state index contributed by atoms with van der Waals surface area (Å²) in [6, 6.07) is 9.67. The number of nitrogens with zero attached hydrogens (tertiary/aromatic N) is 4. The molecule has 0 aromatic carbocycles. The first-order chi connectivity index (χ1) is 16.3. The Morgan fingerprint density at radius 2 is 1.97 bits per heavy atom. The van der Waals surface area contributed by atoms with Crippen LogP contribution in [-0.4, -0.2) is 44.4 Å². The van der Waals surface area contributed by atoms with Gasteiger partial charge in [-0.15, -0.1) is 0 Å². The fourth-order valence-corrected chi connectivity index (χ4v) is 5.79. The highest BCUT2D eigenvalue weighted by Gasteiger charge is 2.75. The molecule has 0 bridgehead atoms.